The van der Waals surface area contributed by atoms with Gasteiger partial charge in [0, 0.05) is 5.69 Å². The Bertz CT molecular complexity index is 771. The summed E-state index contributed by atoms with van der Waals surface area (Å²) < 4.78 is 43.9. The lowest BCUT2D eigenvalue weighted by molar-refractivity contribution is -0.137. The second-order valence-electron chi connectivity index (χ2n) is 5.82. The molecule has 0 fully saturated rings. The van der Waals surface area contributed by atoms with Crippen LogP contribution in [0.2, 0.25) is 0 Å². The van der Waals surface area contributed by atoms with E-state index >= 15 is 0 Å². The third-order valence-electron chi connectivity index (χ3n) is 3.92. The van der Waals surface area contributed by atoms with E-state index in [1.807, 2.05) is 25.1 Å². The molecule has 1 aliphatic heterocycles. The first-order chi connectivity index (χ1) is 11.3. The minimum Gasteiger partial charge on any atom is -0.480 e. The first-order valence-corrected chi connectivity index (χ1v) is 7.57. The van der Waals surface area contributed by atoms with E-state index in [-0.39, 0.29) is 5.69 Å². The van der Waals surface area contributed by atoms with E-state index in [2.05, 4.69) is 5.32 Å². The quantitative estimate of drug-likeness (QED) is 0.886. The lowest BCUT2D eigenvalue weighted by Crippen LogP contribution is -2.35. The standard InChI is InChI=1S/C18H16F3NO2/c1-11-5-6-12-7-8-15(24-16(12)9-11)17(23)22-14-4-2-3-13(10-14)18(19,20)21/h2-6,9-10,15H,7-8H2,1H3,(H,22,23). The number of anilines is 1. The molecule has 0 aliphatic carbocycles. The number of carbonyl (C=O) groups is 1. The van der Waals surface area contributed by atoms with Gasteiger partial charge in [0.05, 0.1) is 5.56 Å². The Labute approximate surface area is 137 Å². The first kappa shape index (κ1) is 16.4. The Balaban J connectivity index is 1.72. The number of benzene rings is 2. The highest BCUT2D eigenvalue weighted by molar-refractivity contribution is 5.94. The van der Waals surface area contributed by atoms with Crippen molar-refractivity contribution in [1.29, 1.82) is 0 Å². The number of carbonyl (C=O) groups excluding carboxylic acids is 1. The van der Waals surface area contributed by atoms with Gasteiger partial charge in [-0.05, 0) is 55.2 Å². The number of fused-ring (bicyclic) bond motifs is 1. The molecule has 2 aromatic rings. The summed E-state index contributed by atoms with van der Waals surface area (Å²) in [6.07, 6.45) is -3.98. The van der Waals surface area contributed by atoms with Crippen molar-refractivity contribution >= 4 is 11.6 Å². The van der Waals surface area contributed by atoms with Crippen molar-refractivity contribution in [2.24, 2.45) is 0 Å². The van der Waals surface area contributed by atoms with Gasteiger partial charge in [-0.1, -0.05) is 18.2 Å². The molecule has 24 heavy (non-hydrogen) atoms. The lowest BCUT2D eigenvalue weighted by Gasteiger charge is -2.25. The van der Waals surface area contributed by atoms with Gasteiger partial charge in [0.15, 0.2) is 6.10 Å². The van der Waals surface area contributed by atoms with Crippen LogP contribution in [0.3, 0.4) is 0 Å². The van der Waals surface area contributed by atoms with Crippen molar-refractivity contribution < 1.29 is 22.7 Å². The van der Waals surface area contributed by atoms with Gasteiger partial charge in [-0.25, -0.2) is 0 Å². The van der Waals surface area contributed by atoms with Gasteiger partial charge in [-0.3, -0.25) is 4.79 Å². The van der Waals surface area contributed by atoms with Crippen molar-refractivity contribution in [3.05, 3.63) is 59.2 Å². The number of halogens is 3. The van der Waals surface area contributed by atoms with E-state index in [4.69, 9.17) is 4.74 Å². The number of alkyl halides is 3. The molecule has 0 saturated heterocycles. The van der Waals surface area contributed by atoms with Crippen LogP contribution in [0.1, 0.15) is 23.1 Å². The molecule has 3 rings (SSSR count). The second-order valence-corrected chi connectivity index (χ2v) is 5.82. The number of hydrogen-bond acceptors (Lipinski definition) is 2. The smallest absolute Gasteiger partial charge is 0.416 e. The zero-order valence-electron chi connectivity index (χ0n) is 13.0. The lowest BCUT2D eigenvalue weighted by atomic mass is 10.0. The van der Waals surface area contributed by atoms with Crippen LogP contribution in [-0.2, 0) is 17.4 Å². The molecule has 0 radical (unpaired) electrons. The summed E-state index contributed by atoms with van der Waals surface area (Å²) in [6.45, 7) is 1.93. The van der Waals surface area contributed by atoms with Crippen molar-refractivity contribution in [2.75, 3.05) is 5.32 Å². The largest absolute Gasteiger partial charge is 0.480 e. The fraction of sp³-hybridized carbons (Fsp3) is 0.278. The van der Waals surface area contributed by atoms with Crippen LogP contribution >= 0.6 is 0 Å². The van der Waals surface area contributed by atoms with Gasteiger partial charge >= 0.3 is 6.18 Å². The van der Waals surface area contributed by atoms with Crippen LogP contribution in [-0.4, -0.2) is 12.0 Å². The summed E-state index contributed by atoms with van der Waals surface area (Å²) in [6, 6.07) is 10.4. The SMILES string of the molecule is Cc1ccc2c(c1)OC(C(=O)Nc1cccc(C(F)(F)F)c1)CC2. The molecule has 126 valence electrons. The Hall–Kier alpha value is -2.50. The monoisotopic (exact) mass is 335 g/mol. The van der Waals surface area contributed by atoms with Crippen molar-refractivity contribution in [1.82, 2.24) is 0 Å². The summed E-state index contributed by atoms with van der Waals surface area (Å²) in [7, 11) is 0. The van der Waals surface area contributed by atoms with E-state index in [1.165, 1.54) is 12.1 Å². The van der Waals surface area contributed by atoms with Gasteiger partial charge < -0.3 is 10.1 Å². The van der Waals surface area contributed by atoms with E-state index < -0.39 is 23.8 Å². The molecule has 3 nitrogen and oxygen atoms in total. The van der Waals surface area contributed by atoms with Crippen molar-refractivity contribution in [3.8, 4) is 5.75 Å². The van der Waals surface area contributed by atoms with E-state index in [0.29, 0.717) is 18.6 Å². The third kappa shape index (κ3) is 3.53. The van der Waals surface area contributed by atoms with Gasteiger partial charge in [-0.2, -0.15) is 13.2 Å². The molecular formula is C18H16F3NO2. The number of nitrogens with one attached hydrogen (secondary N) is 1. The Morgan fingerprint density at radius 1 is 1.21 bits per heavy atom. The van der Waals surface area contributed by atoms with Crippen molar-refractivity contribution in [3.63, 3.8) is 0 Å². The molecule has 0 spiro atoms. The average Bonchev–Trinajstić information content (AvgIpc) is 2.53. The minimum atomic E-state index is -4.45. The van der Waals surface area contributed by atoms with Crippen LogP contribution in [0.5, 0.6) is 5.75 Å². The maximum Gasteiger partial charge on any atom is 0.416 e. The highest BCUT2D eigenvalue weighted by Gasteiger charge is 2.31. The zero-order chi connectivity index (χ0) is 17.3. The fourth-order valence-corrected chi connectivity index (χ4v) is 2.66. The number of aryl methyl sites for hydroxylation is 2. The van der Waals surface area contributed by atoms with Gasteiger partial charge in [-0.15, -0.1) is 0 Å². The normalized spacial score (nSPS) is 16.9. The Morgan fingerprint density at radius 3 is 2.75 bits per heavy atom. The van der Waals surface area contributed by atoms with E-state index in [0.717, 1.165) is 23.3 Å². The highest BCUT2D eigenvalue weighted by Crippen LogP contribution is 2.31. The summed E-state index contributed by atoms with van der Waals surface area (Å²) in [4.78, 5) is 12.3. The first-order valence-electron chi connectivity index (χ1n) is 7.57. The highest BCUT2D eigenvalue weighted by atomic mass is 19.4. The molecule has 2 aromatic carbocycles. The Kier molecular flexibility index (Phi) is 4.22. The maximum absolute atomic E-state index is 12.7. The number of hydrogen-bond donors (Lipinski definition) is 1. The average molecular weight is 335 g/mol. The summed E-state index contributed by atoms with van der Waals surface area (Å²) in [5, 5.41) is 2.51. The predicted molar refractivity (Wildman–Crippen MR) is 84.0 cm³/mol. The molecular weight excluding hydrogens is 319 g/mol. The number of amides is 1. The van der Waals surface area contributed by atoms with Gasteiger partial charge in [0.2, 0.25) is 0 Å². The number of ether oxygens (including phenoxy) is 1. The molecule has 6 heteroatoms. The van der Waals surface area contributed by atoms with E-state index in [1.54, 1.807) is 0 Å². The molecule has 0 bridgehead atoms. The molecule has 0 saturated carbocycles. The summed E-state index contributed by atoms with van der Waals surface area (Å²) in [5.41, 5.74) is 1.36. The van der Waals surface area contributed by atoms with Gasteiger partial charge in [0.25, 0.3) is 5.91 Å². The maximum atomic E-state index is 12.7. The van der Waals surface area contributed by atoms with Crippen LogP contribution < -0.4 is 10.1 Å². The number of rotatable bonds is 2. The molecule has 1 atom stereocenters. The molecule has 1 heterocycles. The molecule has 1 amide bonds. The van der Waals surface area contributed by atoms with Gasteiger partial charge in [0.1, 0.15) is 5.75 Å². The fourth-order valence-electron chi connectivity index (χ4n) is 2.66. The topological polar surface area (TPSA) is 38.3 Å². The zero-order valence-corrected chi connectivity index (χ0v) is 13.0. The summed E-state index contributed by atoms with van der Waals surface area (Å²) in [5.74, 6) is 0.215. The molecule has 1 N–H and O–H groups in total. The molecule has 1 unspecified atom stereocenters. The van der Waals surface area contributed by atoms with Crippen LogP contribution in [0.15, 0.2) is 42.5 Å². The van der Waals surface area contributed by atoms with Crippen molar-refractivity contribution in [2.45, 2.75) is 32.0 Å². The third-order valence-corrected chi connectivity index (χ3v) is 3.92. The predicted octanol–water partition coefficient (Wildman–Crippen LogP) is 4.35. The minimum absolute atomic E-state index is 0.105. The van der Waals surface area contributed by atoms with Crippen LogP contribution in [0, 0.1) is 6.92 Å². The molecule has 1 aliphatic rings. The van der Waals surface area contributed by atoms with Crippen LogP contribution in [0.4, 0.5) is 18.9 Å². The van der Waals surface area contributed by atoms with E-state index in [9.17, 15) is 18.0 Å². The molecule has 0 aromatic heterocycles. The van der Waals surface area contributed by atoms with Crippen LogP contribution in [0.25, 0.3) is 0 Å². The second kappa shape index (κ2) is 6.19. The Morgan fingerprint density at radius 2 is 2.00 bits per heavy atom. The summed E-state index contributed by atoms with van der Waals surface area (Å²) >= 11 is 0.